The van der Waals surface area contributed by atoms with Crippen molar-refractivity contribution in [2.75, 3.05) is 26.7 Å². The topological polar surface area (TPSA) is 540 Å². The van der Waals surface area contributed by atoms with Gasteiger partial charge in [0, 0.05) is 53.8 Å². The van der Waals surface area contributed by atoms with Crippen molar-refractivity contribution in [2.24, 2.45) is 23.1 Å². The van der Waals surface area contributed by atoms with Crippen LogP contribution in [0, 0.1) is 5.92 Å². The van der Waals surface area contributed by atoms with Crippen molar-refractivity contribution in [3.05, 3.63) is 176 Å². The summed E-state index contributed by atoms with van der Waals surface area (Å²) in [6.07, 6.45) is -16.2. The molecule has 6 aliphatic heterocycles. The van der Waals surface area contributed by atoms with E-state index in [1.165, 1.54) is 55.6 Å². The molecule has 8 amide bonds. The molecule has 0 radical (unpaired) electrons. The van der Waals surface area contributed by atoms with Crippen LogP contribution in [0.4, 0.5) is 0 Å². The van der Waals surface area contributed by atoms with Crippen LogP contribution in [0.25, 0.3) is 22.3 Å². The minimum Gasteiger partial charge on any atom is -0.508 e. The molecule has 0 aliphatic carbocycles. The van der Waals surface area contributed by atoms with Crippen LogP contribution in [-0.2, 0) is 59.1 Å². The number of rotatable bonds is 21. The molecule has 7 aromatic rings. The number of nitrogens with one attached hydrogen (secondary N) is 9. The fourth-order valence-electron chi connectivity index (χ4n) is 14.7. The molecule has 648 valence electrons. The van der Waals surface area contributed by atoms with Gasteiger partial charge < -0.3 is 134 Å². The van der Waals surface area contributed by atoms with E-state index in [0.29, 0.717) is 17.9 Å². The van der Waals surface area contributed by atoms with E-state index in [1.54, 1.807) is 26.0 Å². The molecule has 0 spiro atoms. The zero-order chi connectivity index (χ0) is 87.6. The van der Waals surface area contributed by atoms with Gasteiger partial charge in [-0.15, -0.1) is 0 Å². The van der Waals surface area contributed by atoms with E-state index >= 15 is 9.59 Å². The molecule has 0 saturated carbocycles. The number of hydrogen-bond acceptors (Lipinski definition) is 26. The molecule has 34 nitrogen and oxygen atoms in total. The number of benzene rings is 7. The zero-order valence-corrected chi connectivity index (χ0v) is 68.9. The van der Waals surface area contributed by atoms with Crippen molar-refractivity contribution in [3.63, 3.8) is 0 Å². The molecule has 0 aromatic heterocycles. The largest absolute Gasteiger partial charge is 0.508 e. The van der Waals surface area contributed by atoms with Crippen molar-refractivity contribution >= 4 is 82.1 Å². The summed E-state index contributed by atoms with van der Waals surface area (Å²) in [5.41, 5.74) is 17.5. The van der Waals surface area contributed by atoms with Crippen LogP contribution in [0.15, 0.2) is 133 Å². The van der Waals surface area contributed by atoms with E-state index < -0.39 is 192 Å². The fraction of sp³-hybridized carbons (Fsp3) is 0.405. The summed E-state index contributed by atoms with van der Waals surface area (Å²) in [4.78, 5) is 117. The SMILES string of the molecule is CN[C@H](CC(C)C)C(=O)N[C@H]1C(=O)N[C@@H](CC(N)=O)C(=O)N[C@H](C)C(=O)NC2C(=O)N[C@H](C(=O)N[C@@H](C(=O)NCCCCN)c3cc(O)cc(O)c3-c3cc2ccc3O)[C@H](O)c2ccc(c(Cl)c2)Oc2cccc(c2OC2OC(CN)C(O)C(O)C2OC2CC(C)(NCc3ccc(-c4ccc(Cl)cc4)cc3)C(O)C(C)O2)Oc2ccc(cc2Cl)[C@H]1O. The summed E-state index contributed by atoms with van der Waals surface area (Å²) in [5.74, 6) is -12.8. The molecular formula is C84H99Cl3N12O22. The van der Waals surface area contributed by atoms with Crippen molar-refractivity contribution in [1.29, 1.82) is 0 Å². The predicted molar refractivity (Wildman–Crippen MR) is 441 cm³/mol. The quantitative estimate of drug-likeness (QED) is 0.0445. The van der Waals surface area contributed by atoms with Crippen LogP contribution < -0.4 is 79.3 Å². The van der Waals surface area contributed by atoms with Crippen LogP contribution in [-0.4, -0.2) is 200 Å². The molecule has 10 bridgehead atoms. The monoisotopic (exact) mass is 1730 g/mol. The number of amides is 8. The first kappa shape index (κ1) is 91.2. The van der Waals surface area contributed by atoms with E-state index in [4.69, 9.17) is 80.4 Å². The number of carbonyl (C=O) groups excluding carboxylic acids is 8. The normalized spacial score (nSPS) is 26.3. The van der Waals surface area contributed by atoms with Crippen LogP contribution >= 0.6 is 34.8 Å². The maximum absolute atomic E-state index is 15.4. The van der Waals surface area contributed by atoms with E-state index in [2.05, 4.69) is 47.9 Å². The number of aliphatic hydroxyl groups excluding tert-OH is 5. The number of primary amides is 1. The Bertz CT molecular complexity index is 4940. The number of carbonyl (C=O) groups is 8. The van der Waals surface area contributed by atoms with Gasteiger partial charge in [0.05, 0.1) is 34.7 Å². The molecule has 7 aromatic carbocycles. The molecule has 2 saturated heterocycles. The third kappa shape index (κ3) is 21.7. The first-order valence-electron chi connectivity index (χ1n) is 39.1. The number of unbranched alkanes of at least 4 members (excludes halogenated alkanes) is 1. The molecule has 37 heteroatoms. The van der Waals surface area contributed by atoms with Gasteiger partial charge in [-0.2, -0.15) is 0 Å². The number of halogens is 3. The fourth-order valence-corrected chi connectivity index (χ4v) is 15.2. The Balaban J connectivity index is 1.02. The Labute approximate surface area is 710 Å². The van der Waals surface area contributed by atoms with Crippen molar-refractivity contribution in [3.8, 4) is 68.2 Å². The highest BCUT2D eigenvalue weighted by molar-refractivity contribution is 6.32. The second kappa shape index (κ2) is 40.0. The number of phenols is 3. The second-order valence-electron chi connectivity index (χ2n) is 30.7. The molecule has 121 heavy (non-hydrogen) atoms. The van der Waals surface area contributed by atoms with Crippen molar-refractivity contribution < 1.29 is 108 Å². The van der Waals surface area contributed by atoms with Crippen LogP contribution in [0.2, 0.25) is 15.1 Å². The van der Waals surface area contributed by atoms with Gasteiger partial charge in [-0.25, -0.2) is 0 Å². The highest BCUT2D eigenvalue weighted by atomic mass is 35.5. The number of ether oxygens (including phenoxy) is 6. The van der Waals surface area contributed by atoms with Gasteiger partial charge in [-0.1, -0.05) is 109 Å². The van der Waals surface area contributed by atoms with Gasteiger partial charge >= 0.3 is 0 Å². The molecule has 6 heterocycles. The third-order valence-corrected chi connectivity index (χ3v) is 22.2. The lowest BCUT2D eigenvalue weighted by atomic mass is 9.84. The van der Waals surface area contributed by atoms with Gasteiger partial charge in [0.15, 0.2) is 23.9 Å². The number of hydrogen-bond donors (Lipinski definition) is 20. The molecule has 13 rings (SSSR count). The second-order valence-corrected chi connectivity index (χ2v) is 32.0. The highest BCUT2D eigenvalue weighted by Gasteiger charge is 2.52. The molecule has 6 aliphatic rings. The minimum absolute atomic E-state index is 0.0242. The Morgan fingerprint density at radius 2 is 1.31 bits per heavy atom. The molecule has 23 N–H and O–H groups in total. The molecule has 18 atom stereocenters. The Morgan fingerprint density at radius 1 is 0.669 bits per heavy atom. The van der Waals surface area contributed by atoms with Gasteiger partial charge in [-0.05, 0) is 165 Å². The van der Waals surface area contributed by atoms with E-state index in [-0.39, 0.29) is 105 Å². The first-order valence-corrected chi connectivity index (χ1v) is 40.3. The number of para-hydroxylation sites is 1. The Kier molecular flexibility index (Phi) is 30.2. The van der Waals surface area contributed by atoms with E-state index in [0.717, 1.165) is 60.0 Å². The van der Waals surface area contributed by atoms with Gasteiger partial charge in [0.1, 0.15) is 95.5 Å². The number of fused-ring (bicyclic) bond motifs is 6. The number of aromatic hydroxyl groups is 3. The molecular weight excluding hydrogens is 1640 g/mol. The Morgan fingerprint density at radius 3 is 1.92 bits per heavy atom. The highest BCUT2D eigenvalue weighted by Crippen LogP contribution is 2.49. The van der Waals surface area contributed by atoms with Crippen LogP contribution in [0.1, 0.15) is 119 Å². The van der Waals surface area contributed by atoms with Gasteiger partial charge in [-0.3, -0.25) is 38.4 Å². The Hall–Kier alpha value is -10.5. The third-order valence-electron chi connectivity index (χ3n) is 21.3. The van der Waals surface area contributed by atoms with Crippen molar-refractivity contribution in [2.45, 2.75) is 183 Å². The minimum atomic E-state index is -2.24. The van der Waals surface area contributed by atoms with Gasteiger partial charge in [0.2, 0.25) is 59.3 Å². The molecule has 2 fully saturated rings. The number of nitrogens with two attached hydrogens (primary N) is 3. The zero-order valence-electron chi connectivity index (χ0n) is 66.6. The maximum Gasteiger partial charge on any atom is 0.247 e. The van der Waals surface area contributed by atoms with Crippen LogP contribution in [0.3, 0.4) is 0 Å². The smallest absolute Gasteiger partial charge is 0.247 e. The predicted octanol–water partition coefficient (Wildman–Crippen LogP) is 4.33. The number of aliphatic hydroxyl groups is 5. The molecule has 10 unspecified atom stereocenters. The number of phenolic OH excluding ortho intramolecular Hbond substituents is 3. The number of likely N-dealkylation sites (N-methyl/N-ethyl adjacent to an activating group) is 1. The summed E-state index contributed by atoms with van der Waals surface area (Å²) < 4.78 is 39.3. The lowest BCUT2D eigenvalue weighted by Crippen LogP contribution is -2.65. The summed E-state index contributed by atoms with van der Waals surface area (Å²) in [5, 5.41) is 119. The summed E-state index contributed by atoms with van der Waals surface area (Å²) in [6, 6.07) is 18.9. The van der Waals surface area contributed by atoms with Crippen molar-refractivity contribution in [1.82, 2.24) is 47.9 Å². The first-order chi connectivity index (χ1) is 57.6. The summed E-state index contributed by atoms with van der Waals surface area (Å²) >= 11 is 20.4. The van der Waals surface area contributed by atoms with E-state index in [9.17, 15) is 69.6 Å². The lowest BCUT2D eigenvalue weighted by Gasteiger charge is -2.48. The average molecular weight is 1740 g/mol. The van der Waals surface area contributed by atoms with Crippen LogP contribution in [0.5, 0.6) is 46.0 Å². The standard InChI is InChI=1S/C84H99Cl3N12O22/c1-38(2)28-53(91-6)77(110)98-67-69(104)45-19-24-57(51(86)30-45)117-59-10-9-11-60(73(59)121-83-74(72(107)71(106)61(36-89)119-83)120-63-35-84(5,75(108)40(4)116-63)93-37-41-12-14-42(15-13-41)43-16-21-47(85)22-17-43)118-58-25-20-46(31-52(58)87)70(105)68-82(115)97-66(79(112)92-27-8-7-26-88)50-32-48(100)33-56(102)64(50)49-29-44(18-23-55(49)101)65(80(113)99-68)96-76(109)39(3)94-78(111)54(34-62(90)103)95-81(67)114/h9-25,29-33,38-40,53-54,61,63,65-72,74-75,83,91,93,100-102,104-108H,7-8,26-28,34-37,88-89H2,1-6H3,(H2,90,103)(H,92,112)(H,94,111)(H,95,114)(H,96,109)(H,97,115)(H,98,110)(H,99,113)/t39-,40?,53-,54+,61?,63?,65?,66-,67-,68+,69-,70-,71?,72?,74?,75?,83?,84?/m1/s1. The summed E-state index contributed by atoms with van der Waals surface area (Å²) in [7, 11) is 1.49. The van der Waals surface area contributed by atoms with Gasteiger partial charge in [0.25, 0.3) is 0 Å². The average Bonchev–Trinajstić information content (AvgIpc) is 0.764. The summed E-state index contributed by atoms with van der Waals surface area (Å²) in [6.45, 7) is 8.26. The maximum atomic E-state index is 15.4. The lowest BCUT2D eigenvalue weighted by molar-refractivity contribution is -0.331. The van der Waals surface area contributed by atoms with E-state index in [1.807, 2.05) is 50.2 Å².